The van der Waals surface area contributed by atoms with Crippen molar-refractivity contribution in [2.45, 2.75) is 11.3 Å². The van der Waals surface area contributed by atoms with Crippen molar-refractivity contribution in [1.29, 1.82) is 0 Å². The minimum absolute atomic E-state index is 0.0904. The van der Waals surface area contributed by atoms with Gasteiger partial charge in [-0.25, -0.2) is 8.42 Å². The molecule has 0 atom stereocenters. The molecule has 0 heterocycles. The summed E-state index contributed by atoms with van der Waals surface area (Å²) in [5.74, 6) is 0.122. The van der Waals surface area contributed by atoms with Gasteiger partial charge in [0.2, 0.25) is 5.91 Å². The molecule has 0 aliphatic rings. The molecule has 2 aromatic rings. The van der Waals surface area contributed by atoms with Crippen molar-refractivity contribution >= 4 is 21.4 Å². The number of carbonyl (C=O) groups is 1. The lowest BCUT2D eigenvalue weighted by atomic mass is 10.3. The quantitative estimate of drug-likeness (QED) is 0.830. The SMILES string of the molecule is COc1ccc(S(=O)(=O)CCC(=O)Nc2ccccc2)cc1OC. The van der Waals surface area contributed by atoms with Crippen LogP contribution in [-0.4, -0.2) is 34.3 Å². The summed E-state index contributed by atoms with van der Waals surface area (Å²) in [6.07, 6.45) is -0.133. The normalized spacial score (nSPS) is 10.9. The molecule has 7 heteroatoms. The van der Waals surface area contributed by atoms with E-state index in [9.17, 15) is 13.2 Å². The van der Waals surface area contributed by atoms with E-state index in [4.69, 9.17) is 9.47 Å². The van der Waals surface area contributed by atoms with Crippen LogP contribution in [0.15, 0.2) is 53.4 Å². The first-order valence-corrected chi connectivity index (χ1v) is 8.91. The maximum Gasteiger partial charge on any atom is 0.225 e. The molecule has 0 spiro atoms. The maximum absolute atomic E-state index is 12.4. The van der Waals surface area contributed by atoms with E-state index in [-0.39, 0.29) is 23.0 Å². The molecule has 0 saturated heterocycles. The van der Waals surface area contributed by atoms with Crippen molar-refractivity contribution in [3.8, 4) is 11.5 Å². The van der Waals surface area contributed by atoms with Gasteiger partial charge in [0.25, 0.3) is 0 Å². The molecular weight excluding hydrogens is 330 g/mol. The maximum atomic E-state index is 12.4. The zero-order chi connectivity index (χ0) is 17.6. The number of hydrogen-bond acceptors (Lipinski definition) is 5. The van der Waals surface area contributed by atoms with Crippen molar-refractivity contribution in [2.75, 3.05) is 25.3 Å². The molecule has 0 aliphatic carbocycles. The highest BCUT2D eigenvalue weighted by molar-refractivity contribution is 7.91. The standard InChI is InChI=1S/C17H19NO5S/c1-22-15-9-8-14(12-16(15)23-2)24(20,21)11-10-17(19)18-13-6-4-3-5-7-13/h3-9,12H,10-11H2,1-2H3,(H,18,19). The average Bonchev–Trinajstić information content (AvgIpc) is 2.60. The van der Waals surface area contributed by atoms with Crippen LogP contribution < -0.4 is 14.8 Å². The molecule has 0 bridgehead atoms. The van der Waals surface area contributed by atoms with E-state index in [1.807, 2.05) is 6.07 Å². The lowest BCUT2D eigenvalue weighted by molar-refractivity contribution is -0.115. The van der Waals surface area contributed by atoms with Gasteiger partial charge in [-0.2, -0.15) is 0 Å². The predicted octanol–water partition coefficient (Wildman–Crippen LogP) is 2.51. The molecule has 1 amide bonds. The number of methoxy groups -OCH3 is 2. The largest absolute Gasteiger partial charge is 0.493 e. The summed E-state index contributed by atoms with van der Waals surface area (Å²) >= 11 is 0. The molecule has 0 aliphatic heterocycles. The summed E-state index contributed by atoms with van der Waals surface area (Å²) in [5.41, 5.74) is 0.631. The van der Waals surface area contributed by atoms with Gasteiger partial charge in [-0.15, -0.1) is 0 Å². The Kier molecular flexibility index (Phi) is 5.81. The van der Waals surface area contributed by atoms with Gasteiger partial charge in [-0.05, 0) is 24.3 Å². The number of rotatable bonds is 7. The zero-order valence-electron chi connectivity index (χ0n) is 13.5. The summed E-state index contributed by atoms with van der Waals surface area (Å²) in [5, 5.41) is 2.66. The molecule has 0 unspecified atom stereocenters. The van der Waals surface area contributed by atoms with Crippen LogP contribution in [0.25, 0.3) is 0 Å². The number of benzene rings is 2. The monoisotopic (exact) mass is 349 g/mol. The van der Waals surface area contributed by atoms with Crippen molar-refractivity contribution < 1.29 is 22.7 Å². The lowest BCUT2D eigenvalue weighted by Crippen LogP contribution is -2.17. The topological polar surface area (TPSA) is 81.7 Å². The second-order valence-corrected chi connectivity index (χ2v) is 7.11. The van der Waals surface area contributed by atoms with Gasteiger partial charge < -0.3 is 14.8 Å². The van der Waals surface area contributed by atoms with Crippen LogP contribution in [0.1, 0.15) is 6.42 Å². The third-order valence-corrected chi connectivity index (χ3v) is 5.08. The van der Waals surface area contributed by atoms with Gasteiger partial charge in [-0.3, -0.25) is 4.79 Å². The second kappa shape index (κ2) is 7.83. The van der Waals surface area contributed by atoms with Gasteiger partial charge in [-0.1, -0.05) is 18.2 Å². The third-order valence-electron chi connectivity index (χ3n) is 3.37. The smallest absolute Gasteiger partial charge is 0.225 e. The molecule has 2 aromatic carbocycles. The minimum atomic E-state index is -3.60. The van der Waals surface area contributed by atoms with Gasteiger partial charge >= 0.3 is 0 Å². The molecule has 0 saturated carbocycles. The molecular formula is C17H19NO5S. The predicted molar refractivity (Wildman–Crippen MR) is 91.3 cm³/mol. The van der Waals surface area contributed by atoms with Crippen molar-refractivity contribution in [3.05, 3.63) is 48.5 Å². The minimum Gasteiger partial charge on any atom is -0.493 e. The highest BCUT2D eigenvalue weighted by Gasteiger charge is 2.19. The Morgan fingerprint density at radius 3 is 2.29 bits per heavy atom. The number of anilines is 1. The molecule has 6 nitrogen and oxygen atoms in total. The Morgan fingerprint density at radius 1 is 1.00 bits per heavy atom. The van der Waals surface area contributed by atoms with E-state index >= 15 is 0 Å². The van der Waals surface area contributed by atoms with Crippen molar-refractivity contribution in [2.24, 2.45) is 0 Å². The summed E-state index contributed by atoms with van der Waals surface area (Å²) in [6.45, 7) is 0. The molecule has 24 heavy (non-hydrogen) atoms. The van der Waals surface area contributed by atoms with Crippen LogP contribution in [0, 0.1) is 0 Å². The molecule has 1 N–H and O–H groups in total. The fraction of sp³-hybridized carbons (Fsp3) is 0.235. The van der Waals surface area contributed by atoms with Gasteiger partial charge in [0.05, 0.1) is 24.9 Å². The van der Waals surface area contributed by atoms with Gasteiger partial charge in [0.15, 0.2) is 21.3 Å². The van der Waals surface area contributed by atoms with Crippen LogP contribution in [-0.2, 0) is 14.6 Å². The first-order chi connectivity index (χ1) is 11.5. The number of nitrogens with one attached hydrogen (secondary N) is 1. The number of carbonyl (C=O) groups excluding carboxylic acids is 1. The Balaban J connectivity index is 2.04. The van der Waals surface area contributed by atoms with Crippen LogP contribution >= 0.6 is 0 Å². The molecule has 128 valence electrons. The number of para-hydroxylation sites is 1. The zero-order valence-corrected chi connectivity index (χ0v) is 14.3. The van der Waals surface area contributed by atoms with E-state index in [2.05, 4.69) is 5.32 Å². The fourth-order valence-electron chi connectivity index (χ4n) is 2.10. The number of sulfone groups is 1. The first kappa shape index (κ1) is 17.8. The number of hydrogen-bond donors (Lipinski definition) is 1. The second-order valence-electron chi connectivity index (χ2n) is 5.00. The summed E-state index contributed by atoms with van der Waals surface area (Å²) < 4.78 is 35.0. The summed E-state index contributed by atoms with van der Waals surface area (Å²) in [4.78, 5) is 12.0. The van der Waals surface area contributed by atoms with E-state index in [0.717, 1.165) is 0 Å². The highest BCUT2D eigenvalue weighted by atomic mass is 32.2. The summed E-state index contributed by atoms with van der Waals surface area (Å²) in [6, 6.07) is 13.2. The van der Waals surface area contributed by atoms with Gasteiger partial charge in [0.1, 0.15) is 0 Å². The Morgan fingerprint density at radius 2 is 1.67 bits per heavy atom. The van der Waals surface area contributed by atoms with Crippen molar-refractivity contribution in [1.82, 2.24) is 0 Å². The molecule has 2 rings (SSSR count). The Hall–Kier alpha value is -2.54. The third kappa shape index (κ3) is 4.48. The Labute approximate surface area is 141 Å². The molecule has 0 radical (unpaired) electrons. The van der Waals surface area contributed by atoms with Crippen molar-refractivity contribution in [3.63, 3.8) is 0 Å². The first-order valence-electron chi connectivity index (χ1n) is 7.26. The van der Waals surface area contributed by atoms with E-state index in [1.165, 1.54) is 32.4 Å². The Bertz CT molecular complexity index is 803. The lowest BCUT2D eigenvalue weighted by Gasteiger charge is -2.10. The molecule has 0 aromatic heterocycles. The summed E-state index contributed by atoms with van der Waals surface area (Å²) in [7, 11) is -0.697. The average molecular weight is 349 g/mol. The van der Waals surface area contributed by atoms with Gasteiger partial charge in [0, 0.05) is 18.2 Å². The van der Waals surface area contributed by atoms with E-state index in [0.29, 0.717) is 17.2 Å². The van der Waals surface area contributed by atoms with Crippen LogP contribution in [0.2, 0.25) is 0 Å². The fourth-order valence-corrected chi connectivity index (χ4v) is 3.35. The molecule has 0 fully saturated rings. The van der Waals surface area contributed by atoms with Crippen LogP contribution in [0.5, 0.6) is 11.5 Å². The number of ether oxygens (including phenoxy) is 2. The van der Waals surface area contributed by atoms with E-state index in [1.54, 1.807) is 24.3 Å². The van der Waals surface area contributed by atoms with Crippen LogP contribution in [0.4, 0.5) is 5.69 Å². The number of amides is 1. The highest BCUT2D eigenvalue weighted by Crippen LogP contribution is 2.29. The van der Waals surface area contributed by atoms with Crippen LogP contribution in [0.3, 0.4) is 0 Å². The van der Waals surface area contributed by atoms with E-state index < -0.39 is 9.84 Å².